The fraction of sp³-hybridized carbons (Fsp3) is 0.438. The fourth-order valence-electron chi connectivity index (χ4n) is 2.57. The maximum Gasteiger partial charge on any atom is 0.573 e. The van der Waals surface area contributed by atoms with Gasteiger partial charge in [-0.2, -0.15) is 13.2 Å². The Morgan fingerprint density at radius 2 is 1.65 bits per heavy atom. The molecule has 144 valence electrons. The SMILES string of the molecule is N/C(=C(\C=Nc1ccc(OC(F)(F)F)cc1)C1CCNCC1)C(F)(F)F. The molecule has 1 fully saturated rings. The molecule has 0 aliphatic carbocycles. The van der Waals surface area contributed by atoms with Crippen molar-refractivity contribution in [3.05, 3.63) is 35.5 Å². The average Bonchev–Trinajstić information content (AvgIpc) is 2.55. The van der Waals surface area contributed by atoms with Crippen LogP contribution in [0.3, 0.4) is 0 Å². The van der Waals surface area contributed by atoms with Gasteiger partial charge in [-0.15, -0.1) is 13.2 Å². The molecule has 0 bridgehead atoms. The lowest BCUT2D eigenvalue weighted by atomic mass is 9.89. The van der Waals surface area contributed by atoms with E-state index in [1.54, 1.807) is 0 Å². The van der Waals surface area contributed by atoms with Gasteiger partial charge in [0.1, 0.15) is 11.4 Å². The van der Waals surface area contributed by atoms with E-state index < -0.39 is 29.9 Å². The van der Waals surface area contributed by atoms with Gasteiger partial charge in [0.2, 0.25) is 0 Å². The van der Waals surface area contributed by atoms with Crippen LogP contribution in [0.5, 0.6) is 5.75 Å². The van der Waals surface area contributed by atoms with Crippen molar-refractivity contribution in [2.75, 3.05) is 13.1 Å². The van der Waals surface area contributed by atoms with Gasteiger partial charge in [-0.3, -0.25) is 4.99 Å². The van der Waals surface area contributed by atoms with Crippen LogP contribution in [0.4, 0.5) is 32.0 Å². The van der Waals surface area contributed by atoms with Crippen LogP contribution in [-0.2, 0) is 0 Å². The van der Waals surface area contributed by atoms with Crippen LogP contribution in [0, 0.1) is 5.92 Å². The van der Waals surface area contributed by atoms with E-state index in [4.69, 9.17) is 5.73 Å². The first-order valence-corrected chi connectivity index (χ1v) is 7.73. The van der Waals surface area contributed by atoms with Crippen LogP contribution in [-0.4, -0.2) is 31.8 Å². The summed E-state index contributed by atoms with van der Waals surface area (Å²) in [6.45, 7) is 1.13. The molecule has 0 spiro atoms. The van der Waals surface area contributed by atoms with Crippen LogP contribution in [0.15, 0.2) is 40.5 Å². The Hall–Kier alpha value is -2.23. The van der Waals surface area contributed by atoms with Crippen molar-refractivity contribution in [1.29, 1.82) is 0 Å². The van der Waals surface area contributed by atoms with Gasteiger partial charge in [0.05, 0.1) is 5.69 Å². The minimum atomic E-state index is -4.82. The molecule has 0 aromatic heterocycles. The molecule has 1 heterocycles. The molecule has 0 unspecified atom stereocenters. The quantitative estimate of drug-likeness (QED) is 0.611. The largest absolute Gasteiger partial charge is 0.573 e. The normalized spacial score (nSPS) is 18.1. The molecule has 0 amide bonds. The summed E-state index contributed by atoms with van der Waals surface area (Å²) in [5.41, 5.74) is 4.14. The van der Waals surface area contributed by atoms with Crippen molar-refractivity contribution in [2.24, 2.45) is 16.6 Å². The molecule has 1 aromatic carbocycles. The summed E-state index contributed by atoms with van der Waals surface area (Å²) in [5, 5.41) is 3.05. The summed E-state index contributed by atoms with van der Waals surface area (Å²) >= 11 is 0. The predicted octanol–water partition coefficient (Wildman–Crippen LogP) is 4.06. The number of alkyl halides is 6. The fourth-order valence-corrected chi connectivity index (χ4v) is 2.57. The Balaban J connectivity index is 2.22. The summed E-state index contributed by atoms with van der Waals surface area (Å²) in [6.07, 6.45) is -7.50. The Labute approximate surface area is 145 Å². The molecule has 1 aliphatic heterocycles. The molecule has 1 aromatic rings. The zero-order chi connectivity index (χ0) is 19.4. The maximum atomic E-state index is 13.0. The second-order valence-electron chi connectivity index (χ2n) is 5.69. The number of nitrogens with one attached hydrogen (secondary N) is 1. The monoisotopic (exact) mass is 381 g/mol. The first kappa shape index (κ1) is 20.1. The second kappa shape index (κ2) is 7.98. The molecule has 0 radical (unpaired) electrons. The number of allylic oxidation sites excluding steroid dienone is 2. The van der Waals surface area contributed by atoms with Gasteiger partial charge in [0.25, 0.3) is 0 Å². The number of piperidine rings is 1. The van der Waals surface area contributed by atoms with Gasteiger partial charge in [-0.25, -0.2) is 0 Å². The molecule has 0 saturated carbocycles. The number of nitrogens with two attached hydrogens (primary N) is 1. The number of halogens is 6. The third kappa shape index (κ3) is 5.94. The van der Waals surface area contributed by atoms with E-state index in [-0.39, 0.29) is 11.3 Å². The maximum absolute atomic E-state index is 13.0. The number of hydrogen-bond acceptors (Lipinski definition) is 4. The summed E-state index contributed by atoms with van der Waals surface area (Å²) in [5.74, 6) is -0.838. The number of rotatable bonds is 4. The van der Waals surface area contributed by atoms with E-state index in [0.29, 0.717) is 25.9 Å². The summed E-state index contributed by atoms with van der Waals surface area (Å²) in [6, 6.07) is 4.48. The summed E-state index contributed by atoms with van der Waals surface area (Å²) < 4.78 is 79.1. The Morgan fingerprint density at radius 1 is 1.08 bits per heavy atom. The van der Waals surface area contributed by atoms with E-state index in [1.807, 2.05) is 0 Å². The second-order valence-corrected chi connectivity index (χ2v) is 5.69. The Kier molecular flexibility index (Phi) is 6.17. The summed E-state index contributed by atoms with van der Waals surface area (Å²) in [7, 11) is 0. The van der Waals surface area contributed by atoms with E-state index in [1.165, 1.54) is 12.1 Å². The van der Waals surface area contributed by atoms with Crippen LogP contribution in [0.25, 0.3) is 0 Å². The van der Waals surface area contributed by atoms with Gasteiger partial charge in [0, 0.05) is 11.8 Å². The highest BCUT2D eigenvalue weighted by Crippen LogP contribution is 2.31. The number of benzene rings is 1. The zero-order valence-electron chi connectivity index (χ0n) is 13.5. The third-order valence-electron chi connectivity index (χ3n) is 3.82. The molecule has 0 atom stereocenters. The highest BCUT2D eigenvalue weighted by Gasteiger charge is 2.36. The Morgan fingerprint density at radius 3 is 2.15 bits per heavy atom. The Bertz CT molecular complexity index is 658. The molecule has 2 rings (SSSR count). The van der Waals surface area contributed by atoms with Gasteiger partial charge in [-0.1, -0.05) is 0 Å². The van der Waals surface area contributed by atoms with Crippen LogP contribution >= 0.6 is 0 Å². The van der Waals surface area contributed by atoms with Gasteiger partial charge in [0.15, 0.2) is 0 Å². The van der Waals surface area contributed by atoms with Crippen molar-refractivity contribution >= 4 is 11.9 Å². The van der Waals surface area contributed by atoms with Crippen molar-refractivity contribution < 1.29 is 31.1 Å². The lowest BCUT2D eigenvalue weighted by molar-refractivity contribution is -0.274. The molecule has 26 heavy (non-hydrogen) atoms. The van der Waals surface area contributed by atoms with Crippen molar-refractivity contribution in [1.82, 2.24) is 5.32 Å². The first-order chi connectivity index (χ1) is 12.1. The molecule has 3 N–H and O–H groups in total. The highest BCUT2D eigenvalue weighted by molar-refractivity contribution is 5.83. The molecular weight excluding hydrogens is 364 g/mol. The standard InChI is InChI=1S/C16H17F6N3O/c17-15(18,19)14(23)13(10-5-7-24-8-6-10)9-25-11-1-3-12(4-2-11)26-16(20,21)22/h1-4,9-10,24H,5-8,23H2/b14-13+,25-9?. The molecule has 10 heteroatoms. The highest BCUT2D eigenvalue weighted by atomic mass is 19.4. The minimum absolute atomic E-state index is 0.116. The van der Waals surface area contributed by atoms with Crippen LogP contribution in [0.1, 0.15) is 12.8 Å². The number of ether oxygens (including phenoxy) is 1. The van der Waals surface area contributed by atoms with Crippen LogP contribution < -0.4 is 15.8 Å². The number of aliphatic imine (C=N–C) groups is 1. The topological polar surface area (TPSA) is 59.6 Å². The minimum Gasteiger partial charge on any atom is -0.406 e. The third-order valence-corrected chi connectivity index (χ3v) is 3.82. The van der Waals surface area contributed by atoms with Gasteiger partial charge in [-0.05, 0) is 56.1 Å². The van der Waals surface area contributed by atoms with E-state index in [0.717, 1.165) is 18.3 Å². The molecule has 4 nitrogen and oxygen atoms in total. The van der Waals surface area contributed by atoms with Gasteiger partial charge < -0.3 is 15.8 Å². The van der Waals surface area contributed by atoms with E-state index in [2.05, 4.69) is 15.0 Å². The average molecular weight is 381 g/mol. The van der Waals surface area contributed by atoms with E-state index >= 15 is 0 Å². The zero-order valence-corrected chi connectivity index (χ0v) is 13.5. The van der Waals surface area contributed by atoms with Crippen LogP contribution in [0.2, 0.25) is 0 Å². The molecule has 1 aliphatic rings. The van der Waals surface area contributed by atoms with Crippen molar-refractivity contribution in [3.63, 3.8) is 0 Å². The lowest BCUT2D eigenvalue weighted by Gasteiger charge is -2.25. The van der Waals surface area contributed by atoms with Crippen molar-refractivity contribution in [3.8, 4) is 5.75 Å². The van der Waals surface area contributed by atoms with E-state index in [9.17, 15) is 26.3 Å². The smallest absolute Gasteiger partial charge is 0.406 e. The molecule has 1 saturated heterocycles. The molecular formula is C16H17F6N3O. The first-order valence-electron chi connectivity index (χ1n) is 7.73. The van der Waals surface area contributed by atoms with Crippen molar-refractivity contribution in [2.45, 2.75) is 25.4 Å². The lowest BCUT2D eigenvalue weighted by Crippen LogP contribution is -2.32. The van der Waals surface area contributed by atoms with Gasteiger partial charge >= 0.3 is 12.5 Å². The number of hydrogen-bond donors (Lipinski definition) is 2. The predicted molar refractivity (Wildman–Crippen MR) is 84.1 cm³/mol. The number of nitrogens with zero attached hydrogens (tertiary/aromatic N) is 1. The summed E-state index contributed by atoms with van der Waals surface area (Å²) in [4.78, 5) is 3.93.